The van der Waals surface area contributed by atoms with Crippen molar-refractivity contribution in [3.63, 3.8) is 0 Å². The van der Waals surface area contributed by atoms with Crippen LogP contribution in [0.5, 0.6) is 0 Å². The Labute approximate surface area is 144 Å². The topological polar surface area (TPSA) is 15.3 Å². The monoisotopic (exact) mass is 412 g/mol. The largest absolute Gasteiger partial charge is 0.378 e. The molecule has 0 saturated heterocycles. The molecule has 3 rings (SSSR count). The number of thiophene rings is 1. The zero-order chi connectivity index (χ0) is 15.0. The lowest BCUT2D eigenvalue weighted by Crippen LogP contribution is -2.16. The zero-order valence-electron chi connectivity index (χ0n) is 12.7. The van der Waals surface area contributed by atoms with Gasteiger partial charge in [-0.05, 0) is 84.2 Å². The number of nitrogens with one attached hydrogen (secondary N) is 1. The molecular weight excluding hydrogens is 391 g/mol. The fraction of sp³-hybridized carbons (Fsp3) is 0.412. The number of nitrogens with zero attached hydrogens (tertiary/aromatic N) is 1. The van der Waals surface area contributed by atoms with E-state index < -0.39 is 0 Å². The van der Waals surface area contributed by atoms with Gasteiger partial charge in [-0.2, -0.15) is 0 Å². The molecule has 1 aliphatic rings. The predicted octanol–water partition coefficient (Wildman–Crippen LogP) is 5.22. The summed E-state index contributed by atoms with van der Waals surface area (Å²) in [5.41, 5.74) is 5.36. The summed E-state index contributed by atoms with van der Waals surface area (Å²) in [6, 6.07) is 9.49. The molecule has 0 saturated carbocycles. The first-order valence-electron chi connectivity index (χ1n) is 7.37. The van der Waals surface area contributed by atoms with E-state index in [1.165, 1.54) is 44.6 Å². The van der Waals surface area contributed by atoms with Crippen molar-refractivity contribution in [1.82, 2.24) is 0 Å². The number of fused-ring (bicyclic) bond motifs is 1. The Hall–Kier alpha value is -0.750. The lowest BCUT2D eigenvalue weighted by molar-refractivity contribution is 0.608. The molecule has 4 heteroatoms. The summed E-state index contributed by atoms with van der Waals surface area (Å²) in [7, 11) is 4.17. The maximum absolute atomic E-state index is 3.77. The van der Waals surface area contributed by atoms with Crippen LogP contribution in [0.4, 0.5) is 11.4 Å². The van der Waals surface area contributed by atoms with E-state index in [0.29, 0.717) is 6.04 Å². The van der Waals surface area contributed by atoms with Crippen molar-refractivity contribution in [3.8, 4) is 0 Å². The minimum absolute atomic E-state index is 0.470. The molecule has 1 N–H and O–H groups in total. The molecule has 21 heavy (non-hydrogen) atoms. The highest BCUT2D eigenvalue weighted by atomic mass is 127. The predicted molar refractivity (Wildman–Crippen MR) is 102 cm³/mol. The Balaban J connectivity index is 1.84. The van der Waals surface area contributed by atoms with Gasteiger partial charge >= 0.3 is 0 Å². The second kappa shape index (κ2) is 6.16. The first kappa shape index (κ1) is 15.2. The standard InChI is InChI=1S/C17H21IN2S/c1-11-9-12(20(2)3)7-8-14(11)19-15-5-4-6-16-13(15)10-17(18)21-16/h7-10,15,19H,4-6H2,1-3H3. The minimum Gasteiger partial charge on any atom is -0.378 e. The number of aryl methyl sites for hydroxylation is 2. The van der Waals surface area contributed by atoms with Gasteiger partial charge in [0.1, 0.15) is 0 Å². The summed E-state index contributed by atoms with van der Waals surface area (Å²) < 4.78 is 1.41. The average Bonchev–Trinajstić information content (AvgIpc) is 2.82. The molecule has 112 valence electrons. The van der Waals surface area contributed by atoms with Gasteiger partial charge in [-0.1, -0.05) is 0 Å². The molecule has 1 aromatic carbocycles. The van der Waals surface area contributed by atoms with Crippen LogP contribution in [0, 0.1) is 9.81 Å². The molecule has 1 atom stereocenters. The third-order valence-corrected chi connectivity index (χ3v) is 6.11. The number of anilines is 2. The van der Waals surface area contributed by atoms with Crippen LogP contribution < -0.4 is 10.2 Å². The van der Waals surface area contributed by atoms with E-state index in [-0.39, 0.29) is 0 Å². The SMILES string of the molecule is Cc1cc(N(C)C)ccc1NC1CCCc2sc(I)cc21. The molecule has 1 heterocycles. The Kier molecular flexibility index (Phi) is 4.45. The van der Waals surface area contributed by atoms with E-state index >= 15 is 0 Å². The fourth-order valence-corrected chi connectivity index (χ4v) is 5.07. The highest BCUT2D eigenvalue weighted by Gasteiger charge is 2.22. The van der Waals surface area contributed by atoms with Crippen LogP contribution in [0.2, 0.25) is 0 Å². The summed E-state index contributed by atoms with van der Waals surface area (Å²) in [6.45, 7) is 2.19. The van der Waals surface area contributed by atoms with Crippen LogP contribution in [0.25, 0.3) is 0 Å². The van der Waals surface area contributed by atoms with Gasteiger partial charge < -0.3 is 10.2 Å². The molecule has 1 unspecified atom stereocenters. The highest BCUT2D eigenvalue weighted by molar-refractivity contribution is 14.1. The number of rotatable bonds is 3. The molecule has 2 aromatic rings. The summed E-state index contributed by atoms with van der Waals surface area (Å²) >= 11 is 4.40. The van der Waals surface area contributed by atoms with Gasteiger partial charge in [0.15, 0.2) is 0 Å². The summed E-state index contributed by atoms with van der Waals surface area (Å²) in [5.74, 6) is 0. The van der Waals surface area contributed by atoms with Gasteiger partial charge in [0.05, 0.1) is 8.93 Å². The average molecular weight is 412 g/mol. The van der Waals surface area contributed by atoms with E-state index in [4.69, 9.17) is 0 Å². The van der Waals surface area contributed by atoms with E-state index in [2.05, 4.69) is 78.1 Å². The Morgan fingerprint density at radius 2 is 2.10 bits per heavy atom. The normalized spacial score (nSPS) is 17.4. The van der Waals surface area contributed by atoms with Gasteiger partial charge in [-0.3, -0.25) is 0 Å². The third kappa shape index (κ3) is 3.21. The number of halogens is 1. The van der Waals surface area contributed by atoms with Crippen LogP contribution in [-0.2, 0) is 6.42 Å². The van der Waals surface area contributed by atoms with Gasteiger partial charge in [-0.25, -0.2) is 0 Å². The van der Waals surface area contributed by atoms with Gasteiger partial charge in [-0.15, -0.1) is 11.3 Å². The maximum Gasteiger partial charge on any atom is 0.0660 e. The molecule has 0 spiro atoms. The smallest absolute Gasteiger partial charge is 0.0660 e. The van der Waals surface area contributed by atoms with Crippen LogP contribution in [0.1, 0.15) is 34.9 Å². The van der Waals surface area contributed by atoms with Crippen LogP contribution in [0.3, 0.4) is 0 Å². The summed E-state index contributed by atoms with van der Waals surface area (Å²) in [5, 5.41) is 3.77. The lowest BCUT2D eigenvalue weighted by Gasteiger charge is -2.26. The molecule has 0 fully saturated rings. The number of benzene rings is 1. The highest BCUT2D eigenvalue weighted by Crippen LogP contribution is 2.38. The van der Waals surface area contributed by atoms with Crippen LogP contribution in [0.15, 0.2) is 24.3 Å². The maximum atomic E-state index is 3.77. The lowest BCUT2D eigenvalue weighted by atomic mass is 9.93. The Bertz CT molecular complexity index is 648. The molecule has 0 amide bonds. The van der Waals surface area contributed by atoms with Crippen molar-refractivity contribution in [2.24, 2.45) is 0 Å². The van der Waals surface area contributed by atoms with Gasteiger partial charge in [0.2, 0.25) is 0 Å². The van der Waals surface area contributed by atoms with E-state index in [9.17, 15) is 0 Å². The van der Waals surface area contributed by atoms with Crippen molar-refractivity contribution in [3.05, 3.63) is 43.2 Å². The van der Waals surface area contributed by atoms with Crippen LogP contribution >= 0.6 is 33.9 Å². The van der Waals surface area contributed by atoms with Crippen molar-refractivity contribution >= 4 is 45.3 Å². The summed E-state index contributed by atoms with van der Waals surface area (Å²) in [4.78, 5) is 3.72. The minimum atomic E-state index is 0.470. The van der Waals surface area contributed by atoms with E-state index in [1.807, 2.05) is 11.3 Å². The molecular formula is C17H21IN2S. The molecule has 1 aliphatic carbocycles. The second-order valence-electron chi connectivity index (χ2n) is 5.91. The van der Waals surface area contributed by atoms with Crippen LogP contribution in [-0.4, -0.2) is 14.1 Å². The first-order chi connectivity index (χ1) is 10.0. The van der Waals surface area contributed by atoms with Crippen molar-refractivity contribution < 1.29 is 0 Å². The second-order valence-corrected chi connectivity index (χ2v) is 8.94. The first-order valence-corrected chi connectivity index (χ1v) is 9.27. The zero-order valence-corrected chi connectivity index (χ0v) is 15.7. The van der Waals surface area contributed by atoms with E-state index in [1.54, 1.807) is 4.88 Å². The van der Waals surface area contributed by atoms with Crippen molar-refractivity contribution in [2.45, 2.75) is 32.2 Å². The quantitative estimate of drug-likeness (QED) is 0.696. The fourth-order valence-electron chi connectivity index (χ4n) is 2.95. The molecule has 2 nitrogen and oxygen atoms in total. The molecule has 0 bridgehead atoms. The van der Waals surface area contributed by atoms with Gasteiger partial charge in [0, 0.05) is 30.3 Å². The Morgan fingerprint density at radius 1 is 1.29 bits per heavy atom. The number of hydrogen-bond acceptors (Lipinski definition) is 3. The van der Waals surface area contributed by atoms with Gasteiger partial charge in [0.25, 0.3) is 0 Å². The van der Waals surface area contributed by atoms with Crippen molar-refractivity contribution in [2.75, 3.05) is 24.3 Å². The molecule has 0 radical (unpaired) electrons. The Morgan fingerprint density at radius 3 is 2.81 bits per heavy atom. The summed E-state index contributed by atoms with van der Waals surface area (Å²) in [6.07, 6.45) is 3.77. The molecule has 0 aliphatic heterocycles. The van der Waals surface area contributed by atoms with Crippen molar-refractivity contribution in [1.29, 1.82) is 0 Å². The molecule has 1 aromatic heterocycles. The van der Waals surface area contributed by atoms with E-state index in [0.717, 1.165) is 0 Å². The third-order valence-electron chi connectivity index (χ3n) is 4.14. The number of hydrogen-bond donors (Lipinski definition) is 1.